The molecule has 0 aromatic carbocycles. The van der Waals surface area contributed by atoms with Crippen LogP contribution in [0, 0.1) is 0 Å². The summed E-state index contributed by atoms with van der Waals surface area (Å²) in [6.07, 6.45) is -5.25. The molecule has 0 bridgehead atoms. The summed E-state index contributed by atoms with van der Waals surface area (Å²) in [4.78, 5) is 35.9. The third-order valence-electron chi connectivity index (χ3n) is 3.40. The van der Waals surface area contributed by atoms with Crippen LogP contribution in [0.3, 0.4) is 0 Å². The lowest BCUT2D eigenvalue weighted by atomic mass is 10.0. The Hall–Kier alpha value is -2.05. The summed E-state index contributed by atoms with van der Waals surface area (Å²) < 4.78 is 5.91. The van der Waals surface area contributed by atoms with E-state index in [9.17, 15) is 24.6 Å². The van der Waals surface area contributed by atoms with Gasteiger partial charge in [0.15, 0.2) is 6.23 Å². The summed E-state index contributed by atoms with van der Waals surface area (Å²) in [7, 11) is 0. The molecule has 122 valence electrons. The number of aromatic amines is 1. The van der Waals surface area contributed by atoms with Crippen molar-refractivity contribution in [2.45, 2.75) is 37.2 Å². The molecule has 5 unspecified atom stereocenters. The van der Waals surface area contributed by atoms with Crippen LogP contribution in [0.5, 0.6) is 0 Å². The molecular weight excluding hydrogens is 302 g/mol. The summed E-state index contributed by atoms with van der Waals surface area (Å²) in [6, 6.07) is -1.62. The number of carbonyl (C=O) groups is 1. The predicted octanol–water partition coefficient (Wildman–Crippen LogP) is -3.94. The SMILES string of the molecule is NC(C(=O)O)C1OC(n2cc(CO)c(=O)[nH]c2=O)C(O)C1O. The van der Waals surface area contributed by atoms with Crippen LogP contribution in [-0.2, 0) is 16.1 Å². The zero-order valence-electron chi connectivity index (χ0n) is 11.1. The molecule has 0 amide bonds. The Balaban J connectivity index is 2.40. The minimum Gasteiger partial charge on any atom is -0.480 e. The summed E-state index contributed by atoms with van der Waals surface area (Å²) >= 11 is 0. The number of carboxylic acid groups (broad SMARTS) is 1. The number of aliphatic carboxylic acids is 1. The maximum absolute atomic E-state index is 11.8. The summed E-state index contributed by atoms with van der Waals surface area (Å²) in [5.41, 5.74) is 3.42. The highest BCUT2D eigenvalue weighted by molar-refractivity contribution is 5.74. The van der Waals surface area contributed by atoms with Crippen LogP contribution in [0.15, 0.2) is 15.8 Å². The minimum atomic E-state index is -1.65. The van der Waals surface area contributed by atoms with E-state index in [-0.39, 0.29) is 5.56 Å². The molecule has 11 heteroatoms. The Bertz CT molecular complexity index is 683. The number of aliphatic hydroxyl groups is 3. The van der Waals surface area contributed by atoms with Gasteiger partial charge in [0.05, 0.1) is 12.2 Å². The first-order chi connectivity index (χ1) is 10.3. The lowest BCUT2D eigenvalue weighted by Gasteiger charge is -2.18. The fourth-order valence-electron chi connectivity index (χ4n) is 2.18. The van der Waals surface area contributed by atoms with Gasteiger partial charge in [-0.15, -0.1) is 0 Å². The Morgan fingerprint density at radius 1 is 1.41 bits per heavy atom. The van der Waals surface area contributed by atoms with Gasteiger partial charge in [0.1, 0.15) is 24.4 Å². The molecule has 0 spiro atoms. The second kappa shape index (κ2) is 5.98. The molecule has 1 aromatic rings. The van der Waals surface area contributed by atoms with Gasteiger partial charge in [-0.1, -0.05) is 0 Å². The Kier molecular flexibility index (Phi) is 4.44. The molecule has 0 aliphatic carbocycles. The minimum absolute atomic E-state index is 0.170. The van der Waals surface area contributed by atoms with Crippen molar-refractivity contribution >= 4 is 5.97 Å². The molecule has 22 heavy (non-hydrogen) atoms. The standard InChI is InChI=1S/C11H15N3O8/c12-4(10(19)20)7-5(16)6(17)9(22-7)14-1-3(2-15)8(18)13-11(14)21/h1,4-7,9,15-17H,2,12H2,(H,19,20)(H,13,18,21). The molecule has 1 aromatic heterocycles. The number of nitrogens with zero attached hydrogens (tertiary/aromatic N) is 1. The second-order valence-corrected chi connectivity index (χ2v) is 4.82. The normalized spacial score (nSPS) is 29.5. The monoisotopic (exact) mass is 317 g/mol. The topological polar surface area (TPSA) is 188 Å². The molecule has 2 heterocycles. The first-order valence-electron chi connectivity index (χ1n) is 6.23. The number of aliphatic hydroxyl groups excluding tert-OH is 3. The fourth-order valence-corrected chi connectivity index (χ4v) is 2.18. The van der Waals surface area contributed by atoms with E-state index in [1.54, 1.807) is 0 Å². The molecule has 0 radical (unpaired) electrons. The third kappa shape index (κ3) is 2.67. The molecule has 2 rings (SSSR count). The van der Waals surface area contributed by atoms with E-state index in [4.69, 9.17) is 20.7 Å². The second-order valence-electron chi connectivity index (χ2n) is 4.82. The predicted molar refractivity (Wildman–Crippen MR) is 68.8 cm³/mol. The van der Waals surface area contributed by atoms with Gasteiger partial charge in [-0.2, -0.15) is 0 Å². The average Bonchev–Trinajstić information content (AvgIpc) is 2.75. The third-order valence-corrected chi connectivity index (χ3v) is 3.40. The van der Waals surface area contributed by atoms with Gasteiger partial charge in [0, 0.05) is 6.20 Å². The molecule has 11 nitrogen and oxygen atoms in total. The van der Waals surface area contributed by atoms with Crippen LogP contribution in [0.25, 0.3) is 0 Å². The highest BCUT2D eigenvalue weighted by Gasteiger charge is 2.48. The van der Waals surface area contributed by atoms with Gasteiger partial charge in [-0.25, -0.2) is 4.79 Å². The van der Waals surface area contributed by atoms with Crippen molar-refractivity contribution in [2.75, 3.05) is 0 Å². The maximum atomic E-state index is 11.8. The number of rotatable bonds is 4. The molecule has 7 N–H and O–H groups in total. The zero-order chi connectivity index (χ0) is 16.6. The number of aromatic nitrogens is 2. The smallest absolute Gasteiger partial charge is 0.330 e. The van der Waals surface area contributed by atoms with Gasteiger partial charge < -0.3 is 30.9 Å². The Labute approximate surface area is 122 Å². The van der Waals surface area contributed by atoms with Crippen molar-refractivity contribution in [3.05, 3.63) is 32.6 Å². The van der Waals surface area contributed by atoms with E-state index in [1.807, 2.05) is 4.98 Å². The number of ether oxygens (including phenoxy) is 1. The number of carboxylic acids is 1. The Morgan fingerprint density at radius 3 is 2.59 bits per heavy atom. The van der Waals surface area contributed by atoms with Gasteiger partial charge in [-0.3, -0.25) is 19.1 Å². The number of nitrogens with one attached hydrogen (secondary N) is 1. The van der Waals surface area contributed by atoms with Crippen molar-refractivity contribution < 1.29 is 30.0 Å². The van der Waals surface area contributed by atoms with Crippen LogP contribution < -0.4 is 17.0 Å². The van der Waals surface area contributed by atoms with E-state index >= 15 is 0 Å². The van der Waals surface area contributed by atoms with Crippen molar-refractivity contribution in [2.24, 2.45) is 5.73 Å². The van der Waals surface area contributed by atoms with Crippen LogP contribution in [0.4, 0.5) is 0 Å². The average molecular weight is 317 g/mol. The molecule has 1 saturated heterocycles. The highest BCUT2D eigenvalue weighted by atomic mass is 16.6. The maximum Gasteiger partial charge on any atom is 0.330 e. The number of nitrogens with two attached hydrogens (primary N) is 1. The number of H-pyrrole nitrogens is 1. The van der Waals surface area contributed by atoms with Gasteiger partial charge in [0.2, 0.25) is 0 Å². The summed E-state index contributed by atoms with van der Waals surface area (Å²) in [5.74, 6) is -1.46. The van der Waals surface area contributed by atoms with Gasteiger partial charge in [-0.05, 0) is 0 Å². The van der Waals surface area contributed by atoms with E-state index in [0.29, 0.717) is 0 Å². The van der Waals surface area contributed by atoms with Crippen LogP contribution in [0.2, 0.25) is 0 Å². The van der Waals surface area contributed by atoms with Crippen molar-refractivity contribution in [1.29, 1.82) is 0 Å². The molecule has 5 atom stereocenters. The van der Waals surface area contributed by atoms with Crippen molar-refractivity contribution in [3.8, 4) is 0 Å². The lowest BCUT2D eigenvalue weighted by molar-refractivity contribution is -0.144. The van der Waals surface area contributed by atoms with Gasteiger partial charge in [0.25, 0.3) is 5.56 Å². The molecule has 1 aliphatic heterocycles. The first-order valence-corrected chi connectivity index (χ1v) is 6.23. The number of hydrogen-bond donors (Lipinski definition) is 6. The van der Waals surface area contributed by atoms with Crippen LogP contribution in [0.1, 0.15) is 11.8 Å². The van der Waals surface area contributed by atoms with E-state index < -0.39 is 54.4 Å². The summed E-state index contributed by atoms with van der Waals surface area (Å²) in [5, 5.41) is 37.6. The molecule has 0 saturated carbocycles. The fraction of sp³-hybridized carbons (Fsp3) is 0.545. The first kappa shape index (κ1) is 16.3. The highest BCUT2D eigenvalue weighted by Crippen LogP contribution is 2.29. The number of hydrogen-bond acceptors (Lipinski definition) is 8. The van der Waals surface area contributed by atoms with Crippen molar-refractivity contribution in [1.82, 2.24) is 9.55 Å². The van der Waals surface area contributed by atoms with E-state index in [2.05, 4.69) is 0 Å². The van der Waals surface area contributed by atoms with Crippen LogP contribution in [-0.4, -0.2) is 60.3 Å². The largest absolute Gasteiger partial charge is 0.480 e. The quantitative estimate of drug-likeness (QED) is 0.322. The Morgan fingerprint density at radius 2 is 2.05 bits per heavy atom. The molecule has 1 aliphatic rings. The van der Waals surface area contributed by atoms with Gasteiger partial charge >= 0.3 is 11.7 Å². The zero-order valence-corrected chi connectivity index (χ0v) is 11.1. The van der Waals surface area contributed by atoms with Crippen molar-refractivity contribution in [3.63, 3.8) is 0 Å². The lowest BCUT2D eigenvalue weighted by Crippen LogP contribution is -2.48. The molecular formula is C11H15N3O8. The van der Waals surface area contributed by atoms with E-state index in [0.717, 1.165) is 10.8 Å². The molecule has 1 fully saturated rings. The summed E-state index contributed by atoms with van der Waals surface area (Å²) in [6.45, 7) is -0.668. The van der Waals surface area contributed by atoms with Crippen LogP contribution >= 0.6 is 0 Å². The van der Waals surface area contributed by atoms with E-state index in [1.165, 1.54) is 0 Å².